The van der Waals surface area contributed by atoms with Crippen molar-refractivity contribution >= 4 is 49.2 Å². The molecule has 11 nitrogen and oxygen atoms in total. The standard InChI is InChI=1S/C20H19N3O2.2CH4O3S/c1-13-14(2)18(21-15-9-5-3-6-10-15)23-19(17(13)20(24)25)22-16-11-7-4-8-12-16;2*1-5(2,3)4/h3-12H,1-2H3,(H,24,25)(H2,21,22,23);2*1H3,(H,2,3,4). The van der Waals surface area contributed by atoms with E-state index >= 15 is 0 Å². The highest BCUT2D eigenvalue weighted by Crippen LogP contribution is 2.30. The Bertz CT molecular complexity index is 1300. The summed E-state index contributed by atoms with van der Waals surface area (Å²) in [6, 6.07) is 19.1. The number of rotatable bonds is 5. The van der Waals surface area contributed by atoms with E-state index in [1.165, 1.54) is 0 Å². The van der Waals surface area contributed by atoms with Crippen molar-refractivity contribution in [2.45, 2.75) is 13.8 Å². The summed E-state index contributed by atoms with van der Waals surface area (Å²) in [5.74, 6) is -0.0508. The Morgan fingerprint density at radius 2 is 1.06 bits per heavy atom. The number of hydrogen-bond acceptors (Lipinski definition) is 8. The molecular formula is C22H27N3O8S2. The number of aromatic nitrogens is 1. The average molecular weight is 526 g/mol. The molecule has 13 heteroatoms. The van der Waals surface area contributed by atoms with Crippen molar-refractivity contribution in [1.82, 2.24) is 4.98 Å². The molecule has 0 fully saturated rings. The van der Waals surface area contributed by atoms with E-state index in [0.29, 0.717) is 29.7 Å². The SMILES string of the molecule is CS(=O)(=O)O.CS(=O)(=O)O.Cc1c(Nc2ccccc2)nc(Nc2ccccc2)c(C(=O)O)c1C. The van der Waals surface area contributed by atoms with Crippen molar-refractivity contribution in [2.24, 2.45) is 0 Å². The number of aromatic carboxylic acids is 1. The van der Waals surface area contributed by atoms with Gasteiger partial charge in [-0.3, -0.25) is 9.11 Å². The highest BCUT2D eigenvalue weighted by molar-refractivity contribution is 7.85. The second kappa shape index (κ2) is 12.8. The molecule has 0 saturated heterocycles. The van der Waals surface area contributed by atoms with Gasteiger partial charge in [0.2, 0.25) is 0 Å². The number of para-hydroxylation sites is 2. The van der Waals surface area contributed by atoms with Crippen LogP contribution in [0.3, 0.4) is 0 Å². The normalized spacial score (nSPS) is 10.7. The Balaban J connectivity index is 0.000000519. The average Bonchev–Trinajstić information content (AvgIpc) is 2.71. The van der Waals surface area contributed by atoms with Crippen LogP contribution in [-0.4, -0.2) is 54.5 Å². The predicted octanol–water partition coefficient (Wildman–Crippen LogP) is 3.89. The number of pyridine rings is 1. The van der Waals surface area contributed by atoms with Gasteiger partial charge in [0.1, 0.15) is 17.2 Å². The molecule has 0 unspecified atom stereocenters. The van der Waals surface area contributed by atoms with E-state index in [9.17, 15) is 26.7 Å². The monoisotopic (exact) mass is 525 g/mol. The van der Waals surface area contributed by atoms with E-state index in [1.807, 2.05) is 67.6 Å². The summed E-state index contributed by atoms with van der Waals surface area (Å²) in [7, 11) is -7.33. The maximum atomic E-state index is 11.8. The third-order valence-corrected chi connectivity index (χ3v) is 4.04. The maximum Gasteiger partial charge on any atom is 0.339 e. The van der Waals surface area contributed by atoms with E-state index in [4.69, 9.17) is 9.11 Å². The van der Waals surface area contributed by atoms with Gasteiger partial charge >= 0.3 is 5.97 Å². The lowest BCUT2D eigenvalue weighted by Crippen LogP contribution is -2.11. The minimum absolute atomic E-state index is 0.181. The highest BCUT2D eigenvalue weighted by atomic mass is 32.2. The molecular weight excluding hydrogens is 498 g/mol. The summed E-state index contributed by atoms with van der Waals surface area (Å²) < 4.78 is 51.7. The van der Waals surface area contributed by atoms with Crippen molar-refractivity contribution < 1.29 is 35.8 Å². The van der Waals surface area contributed by atoms with Gasteiger partial charge in [0.25, 0.3) is 20.2 Å². The summed E-state index contributed by atoms with van der Waals surface area (Å²) in [6.45, 7) is 3.67. The van der Waals surface area contributed by atoms with Gasteiger partial charge in [0, 0.05) is 11.4 Å². The smallest absolute Gasteiger partial charge is 0.339 e. The van der Waals surface area contributed by atoms with Crippen LogP contribution in [0.1, 0.15) is 21.5 Å². The van der Waals surface area contributed by atoms with E-state index in [1.54, 1.807) is 6.92 Å². The van der Waals surface area contributed by atoms with Gasteiger partial charge in [0.05, 0.1) is 12.5 Å². The highest BCUT2D eigenvalue weighted by Gasteiger charge is 2.20. The molecule has 1 aromatic heterocycles. The maximum absolute atomic E-state index is 11.8. The molecule has 35 heavy (non-hydrogen) atoms. The number of hydrogen-bond donors (Lipinski definition) is 5. The van der Waals surface area contributed by atoms with Gasteiger partial charge in [-0.2, -0.15) is 16.8 Å². The molecule has 0 aliphatic carbocycles. The van der Waals surface area contributed by atoms with Crippen LogP contribution in [0.5, 0.6) is 0 Å². The lowest BCUT2D eigenvalue weighted by Gasteiger charge is -2.17. The molecule has 0 bridgehead atoms. The number of carbonyl (C=O) groups is 1. The summed E-state index contributed by atoms with van der Waals surface area (Å²) >= 11 is 0. The second-order valence-corrected chi connectivity index (χ2v) is 10.1. The first-order chi connectivity index (χ1) is 16.1. The van der Waals surface area contributed by atoms with Crippen molar-refractivity contribution in [2.75, 3.05) is 23.1 Å². The van der Waals surface area contributed by atoms with Gasteiger partial charge in [0.15, 0.2) is 0 Å². The van der Waals surface area contributed by atoms with E-state index in [-0.39, 0.29) is 5.56 Å². The van der Waals surface area contributed by atoms with Crippen LogP contribution < -0.4 is 10.6 Å². The molecule has 0 radical (unpaired) electrons. The van der Waals surface area contributed by atoms with Crippen LogP contribution in [0.25, 0.3) is 0 Å². The molecule has 0 saturated carbocycles. The molecule has 3 aromatic rings. The minimum atomic E-state index is -3.67. The molecule has 0 aliphatic rings. The molecule has 5 N–H and O–H groups in total. The van der Waals surface area contributed by atoms with Crippen molar-refractivity contribution in [3.05, 3.63) is 77.4 Å². The number of carboxylic acid groups (broad SMARTS) is 1. The Morgan fingerprint density at radius 1 is 0.714 bits per heavy atom. The Hall–Kier alpha value is -3.52. The topological polar surface area (TPSA) is 183 Å². The zero-order valence-electron chi connectivity index (χ0n) is 19.4. The van der Waals surface area contributed by atoms with Crippen molar-refractivity contribution in [3.8, 4) is 0 Å². The minimum Gasteiger partial charge on any atom is -0.478 e. The first kappa shape index (κ1) is 29.5. The number of benzene rings is 2. The van der Waals surface area contributed by atoms with Crippen LogP contribution in [0.2, 0.25) is 0 Å². The lowest BCUT2D eigenvalue weighted by atomic mass is 10.0. The van der Waals surface area contributed by atoms with Crippen LogP contribution in [0.4, 0.5) is 23.0 Å². The Morgan fingerprint density at radius 3 is 1.40 bits per heavy atom. The van der Waals surface area contributed by atoms with Gasteiger partial charge in [-0.1, -0.05) is 36.4 Å². The fourth-order valence-electron chi connectivity index (χ4n) is 2.58. The quantitative estimate of drug-likeness (QED) is 0.305. The number of anilines is 4. The van der Waals surface area contributed by atoms with Gasteiger partial charge in [-0.05, 0) is 49.2 Å². The molecule has 1 heterocycles. The molecule has 0 aliphatic heterocycles. The molecule has 3 rings (SSSR count). The zero-order valence-corrected chi connectivity index (χ0v) is 21.1. The van der Waals surface area contributed by atoms with Crippen LogP contribution in [0.15, 0.2) is 60.7 Å². The number of carboxylic acids is 1. The fourth-order valence-corrected chi connectivity index (χ4v) is 2.58. The summed E-state index contributed by atoms with van der Waals surface area (Å²) in [5.41, 5.74) is 3.34. The largest absolute Gasteiger partial charge is 0.478 e. The van der Waals surface area contributed by atoms with E-state index < -0.39 is 26.2 Å². The molecule has 0 atom stereocenters. The van der Waals surface area contributed by atoms with Gasteiger partial charge in [-0.25, -0.2) is 9.78 Å². The third-order valence-electron chi connectivity index (χ3n) is 4.04. The number of nitrogens with one attached hydrogen (secondary N) is 2. The van der Waals surface area contributed by atoms with E-state index in [0.717, 1.165) is 16.9 Å². The first-order valence-electron chi connectivity index (χ1n) is 9.79. The predicted molar refractivity (Wildman–Crippen MR) is 135 cm³/mol. The third kappa shape index (κ3) is 12.5. The summed E-state index contributed by atoms with van der Waals surface area (Å²) in [6.07, 6.45) is 1.43. The first-order valence-corrected chi connectivity index (χ1v) is 13.5. The fraction of sp³-hybridized carbons (Fsp3) is 0.182. The molecule has 190 valence electrons. The van der Waals surface area contributed by atoms with Crippen molar-refractivity contribution in [1.29, 1.82) is 0 Å². The Labute approximate surface area is 204 Å². The Kier molecular flexibility index (Phi) is 10.8. The van der Waals surface area contributed by atoms with Crippen molar-refractivity contribution in [3.63, 3.8) is 0 Å². The van der Waals surface area contributed by atoms with Crippen LogP contribution >= 0.6 is 0 Å². The van der Waals surface area contributed by atoms with Gasteiger partial charge in [-0.15, -0.1) is 0 Å². The zero-order chi connectivity index (χ0) is 26.8. The van der Waals surface area contributed by atoms with Crippen LogP contribution in [-0.2, 0) is 20.2 Å². The van der Waals surface area contributed by atoms with E-state index in [2.05, 4.69) is 15.6 Å². The molecule has 0 amide bonds. The molecule has 2 aromatic carbocycles. The van der Waals surface area contributed by atoms with Crippen LogP contribution in [0, 0.1) is 13.8 Å². The lowest BCUT2D eigenvalue weighted by molar-refractivity contribution is 0.0696. The number of nitrogens with zero attached hydrogens (tertiary/aromatic N) is 1. The summed E-state index contributed by atoms with van der Waals surface area (Å²) in [4.78, 5) is 16.3. The second-order valence-electron chi connectivity index (χ2n) is 7.19. The summed E-state index contributed by atoms with van der Waals surface area (Å²) in [5, 5.41) is 16.0. The molecule has 0 spiro atoms. The van der Waals surface area contributed by atoms with Gasteiger partial charge < -0.3 is 15.7 Å².